The van der Waals surface area contributed by atoms with Crippen LogP contribution in [0.5, 0.6) is 0 Å². The number of carbonyl (C=O) groups is 1. The van der Waals surface area contributed by atoms with Gasteiger partial charge in [-0.05, 0) is 25.8 Å². The fourth-order valence-corrected chi connectivity index (χ4v) is 1.35. The van der Waals surface area contributed by atoms with E-state index in [-0.39, 0.29) is 11.7 Å². The first-order valence-electron chi connectivity index (χ1n) is 4.36. The smallest absolute Gasteiger partial charge is 0.140 e. The van der Waals surface area contributed by atoms with Gasteiger partial charge in [0.15, 0.2) is 0 Å². The lowest BCUT2D eigenvalue weighted by Gasteiger charge is -2.26. The van der Waals surface area contributed by atoms with Crippen LogP contribution in [0.25, 0.3) is 0 Å². The molecule has 0 amide bonds. The van der Waals surface area contributed by atoms with Crippen molar-refractivity contribution >= 4 is 5.78 Å². The molecular weight excluding hydrogens is 152 g/mol. The SMILES string of the molecule is CC1CC=C(C(C)(C)O)CC1=O. The molecule has 1 rings (SSSR count). The molecule has 0 aromatic carbocycles. The Morgan fingerprint density at radius 2 is 2.17 bits per heavy atom. The predicted molar refractivity (Wildman–Crippen MR) is 47.8 cm³/mol. The van der Waals surface area contributed by atoms with Crippen LogP contribution < -0.4 is 0 Å². The molecule has 1 aliphatic carbocycles. The number of ketones is 1. The Bertz CT molecular complexity index is 220. The quantitative estimate of drug-likeness (QED) is 0.605. The van der Waals surface area contributed by atoms with Crippen LogP contribution >= 0.6 is 0 Å². The lowest BCUT2D eigenvalue weighted by Crippen LogP contribution is -2.28. The Labute approximate surface area is 73.3 Å². The average Bonchev–Trinajstić information content (AvgIpc) is 1.92. The molecule has 0 spiro atoms. The lowest BCUT2D eigenvalue weighted by molar-refractivity contribution is -0.122. The van der Waals surface area contributed by atoms with Crippen LogP contribution in [-0.2, 0) is 4.79 Å². The van der Waals surface area contributed by atoms with Crippen molar-refractivity contribution < 1.29 is 9.90 Å². The van der Waals surface area contributed by atoms with Gasteiger partial charge in [0.05, 0.1) is 5.60 Å². The van der Waals surface area contributed by atoms with E-state index in [0.717, 1.165) is 12.0 Å². The largest absolute Gasteiger partial charge is 0.386 e. The summed E-state index contributed by atoms with van der Waals surface area (Å²) < 4.78 is 0. The monoisotopic (exact) mass is 168 g/mol. The third-order valence-electron chi connectivity index (χ3n) is 2.42. The van der Waals surface area contributed by atoms with Gasteiger partial charge in [-0.15, -0.1) is 0 Å². The van der Waals surface area contributed by atoms with Crippen molar-refractivity contribution in [2.24, 2.45) is 5.92 Å². The van der Waals surface area contributed by atoms with Gasteiger partial charge in [0, 0.05) is 12.3 Å². The maximum Gasteiger partial charge on any atom is 0.140 e. The lowest BCUT2D eigenvalue weighted by atomic mass is 9.83. The molecule has 0 bridgehead atoms. The van der Waals surface area contributed by atoms with E-state index in [0.29, 0.717) is 6.42 Å². The second kappa shape index (κ2) is 3.02. The zero-order valence-electron chi connectivity index (χ0n) is 7.92. The van der Waals surface area contributed by atoms with Crippen molar-refractivity contribution in [3.63, 3.8) is 0 Å². The molecule has 0 fully saturated rings. The van der Waals surface area contributed by atoms with E-state index in [9.17, 15) is 9.90 Å². The molecule has 2 heteroatoms. The third-order valence-corrected chi connectivity index (χ3v) is 2.42. The van der Waals surface area contributed by atoms with Gasteiger partial charge < -0.3 is 5.11 Å². The molecule has 12 heavy (non-hydrogen) atoms. The van der Waals surface area contributed by atoms with Crippen molar-refractivity contribution in [1.82, 2.24) is 0 Å². The predicted octanol–water partition coefficient (Wildman–Crippen LogP) is 1.68. The van der Waals surface area contributed by atoms with Gasteiger partial charge in [0.1, 0.15) is 5.78 Å². The minimum absolute atomic E-state index is 0.135. The molecular formula is C10H16O2. The number of carbonyl (C=O) groups excluding carboxylic acids is 1. The first kappa shape index (κ1) is 9.46. The van der Waals surface area contributed by atoms with E-state index in [1.54, 1.807) is 13.8 Å². The maximum absolute atomic E-state index is 11.3. The molecule has 2 nitrogen and oxygen atoms in total. The number of hydrogen-bond acceptors (Lipinski definition) is 2. The summed E-state index contributed by atoms with van der Waals surface area (Å²) in [5.74, 6) is 0.380. The van der Waals surface area contributed by atoms with Crippen molar-refractivity contribution in [2.75, 3.05) is 0 Å². The average molecular weight is 168 g/mol. The van der Waals surface area contributed by atoms with Gasteiger partial charge in [-0.1, -0.05) is 13.0 Å². The molecule has 0 aromatic heterocycles. The van der Waals surface area contributed by atoms with Crippen LogP contribution in [0.15, 0.2) is 11.6 Å². The summed E-state index contributed by atoms with van der Waals surface area (Å²) in [4.78, 5) is 11.3. The Morgan fingerprint density at radius 3 is 2.58 bits per heavy atom. The minimum atomic E-state index is -0.824. The normalized spacial score (nSPS) is 25.5. The molecule has 0 heterocycles. The summed E-state index contributed by atoms with van der Waals surface area (Å²) in [6.45, 7) is 5.38. The first-order valence-corrected chi connectivity index (χ1v) is 4.36. The van der Waals surface area contributed by atoms with Crippen LogP contribution in [0.2, 0.25) is 0 Å². The summed E-state index contributed by atoms with van der Waals surface area (Å²) in [6, 6.07) is 0. The molecule has 68 valence electrons. The molecule has 0 aliphatic heterocycles. The summed E-state index contributed by atoms with van der Waals surface area (Å²) >= 11 is 0. The molecule has 1 aliphatic rings. The Hall–Kier alpha value is -0.630. The van der Waals surface area contributed by atoms with Gasteiger partial charge in [0.2, 0.25) is 0 Å². The van der Waals surface area contributed by atoms with E-state index in [2.05, 4.69) is 0 Å². The topological polar surface area (TPSA) is 37.3 Å². The highest BCUT2D eigenvalue weighted by Crippen LogP contribution is 2.27. The van der Waals surface area contributed by atoms with E-state index in [1.165, 1.54) is 0 Å². The molecule has 0 radical (unpaired) electrons. The second-order valence-corrected chi connectivity index (χ2v) is 4.07. The highest BCUT2D eigenvalue weighted by atomic mass is 16.3. The van der Waals surface area contributed by atoms with Crippen LogP contribution in [0, 0.1) is 5.92 Å². The Balaban J connectivity index is 2.78. The molecule has 0 saturated heterocycles. The van der Waals surface area contributed by atoms with Crippen LogP contribution in [0.1, 0.15) is 33.6 Å². The Morgan fingerprint density at radius 1 is 1.58 bits per heavy atom. The number of aliphatic hydroxyl groups is 1. The number of rotatable bonds is 1. The van der Waals surface area contributed by atoms with Crippen molar-refractivity contribution in [1.29, 1.82) is 0 Å². The fourth-order valence-electron chi connectivity index (χ4n) is 1.35. The van der Waals surface area contributed by atoms with E-state index in [1.807, 2.05) is 13.0 Å². The van der Waals surface area contributed by atoms with E-state index >= 15 is 0 Å². The van der Waals surface area contributed by atoms with Crippen molar-refractivity contribution in [2.45, 2.75) is 39.2 Å². The molecule has 1 unspecified atom stereocenters. The van der Waals surface area contributed by atoms with Crippen LogP contribution in [-0.4, -0.2) is 16.5 Å². The summed E-state index contributed by atoms with van der Waals surface area (Å²) in [7, 11) is 0. The van der Waals surface area contributed by atoms with Gasteiger partial charge in [0.25, 0.3) is 0 Å². The number of allylic oxidation sites excluding steroid dienone is 1. The maximum atomic E-state index is 11.3. The zero-order valence-corrected chi connectivity index (χ0v) is 7.92. The number of Topliss-reactive ketones (excluding diaryl/α,β-unsaturated/α-hetero) is 1. The van der Waals surface area contributed by atoms with E-state index < -0.39 is 5.60 Å². The van der Waals surface area contributed by atoms with Gasteiger partial charge in [-0.2, -0.15) is 0 Å². The Kier molecular flexibility index (Phi) is 2.38. The molecule has 0 aromatic rings. The zero-order chi connectivity index (χ0) is 9.35. The highest BCUT2D eigenvalue weighted by Gasteiger charge is 2.27. The van der Waals surface area contributed by atoms with Crippen molar-refractivity contribution in [3.05, 3.63) is 11.6 Å². The first-order chi connectivity index (χ1) is 5.41. The summed E-state index contributed by atoms with van der Waals surface area (Å²) in [5.41, 5.74) is 0.0427. The highest BCUT2D eigenvalue weighted by molar-refractivity contribution is 5.84. The van der Waals surface area contributed by atoms with Gasteiger partial charge in [-0.3, -0.25) is 4.79 Å². The van der Waals surface area contributed by atoms with Gasteiger partial charge in [-0.25, -0.2) is 0 Å². The van der Waals surface area contributed by atoms with Crippen LogP contribution in [0.4, 0.5) is 0 Å². The second-order valence-electron chi connectivity index (χ2n) is 4.07. The standard InChI is InChI=1S/C10H16O2/c1-7-4-5-8(6-9(7)11)10(2,3)12/h5,7,12H,4,6H2,1-3H3. The van der Waals surface area contributed by atoms with E-state index in [4.69, 9.17) is 0 Å². The number of hydrogen-bond donors (Lipinski definition) is 1. The molecule has 1 N–H and O–H groups in total. The molecule has 0 saturated carbocycles. The summed E-state index contributed by atoms with van der Waals surface area (Å²) in [6.07, 6.45) is 3.19. The summed E-state index contributed by atoms with van der Waals surface area (Å²) in [5, 5.41) is 9.63. The third kappa shape index (κ3) is 1.95. The van der Waals surface area contributed by atoms with Gasteiger partial charge >= 0.3 is 0 Å². The van der Waals surface area contributed by atoms with Crippen LogP contribution in [0.3, 0.4) is 0 Å². The van der Waals surface area contributed by atoms with Crippen molar-refractivity contribution in [3.8, 4) is 0 Å². The minimum Gasteiger partial charge on any atom is -0.386 e. The molecule has 1 atom stereocenters. The fraction of sp³-hybridized carbons (Fsp3) is 0.700.